The first-order valence-electron chi connectivity index (χ1n) is 12.9. The Morgan fingerprint density at radius 3 is 2.53 bits per heavy atom. The van der Waals surface area contributed by atoms with Gasteiger partial charge < -0.3 is 5.32 Å². The molecule has 1 fully saturated rings. The number of nitrogens with zero attached hydrogens (tertiary/aromatic N) is 1. The SMILES string of the molecule is Cc1ccc(F)cc1S(=O)(=O)N[C@H](CC(=O)N[C@@H]1CCCc2cc(CN3CCCCC3)ccc21)C(F)(F)F. The average molecular weight is 556 g/mol. The van der Waals surface area contributed by atoms with E-state index in [1.54, 1.807) is 4.72 Å². The Hall–Kier alpha value is -2.50. The van der Waals surface area contributed by atoms with Crippen molar-refractivity contribution < 1.29 is 30.8 Å². The average Bonchev–Trinajstić information content (AvgIpc) is 2.85. The number of nitrogens with one attached hydrogen (secondary N) is 2. The monoisotopic (exact) mass is 555 g/mol. The van der Waals surface area contributed by atoms with Gasteiger partial charge in [-0.25, -0.2) is 12.8 Å². The lowest BCUT2D eigenvalue weighted by Crippen LogP contribution is -2.48. The van der Waals surface area contributed by atoms with Gasteiger partial charge in [-0.1, -0.05) is 30.7 Å². The summed E-state index contributed by atoms with van der Waals surface area (Å²) in [6, 6.07) is 5.79. The van der Waals surface area contributed by atoms with E-state index >= 15 is 0 Å². The van der Waals surface area contributed by atoms with Crippen molar-refractivity contribution >= 4 is 15.9 Å². The first kappa shape index (κ1) is 28.5. The number of rotatable bonds is 8. The van der Waals surface area contributed by atoms with Crippen LogP contribution >= 0.6 is 0 Å². The number of amides is 1. The maximum absolute atomic E-state index is 13.8. The maximum atomic E-state index is 13.8. The van der Waals surface area contributed by atoms with E-state index in [1.165, 1.54) is 31.7 Å². The second-order valence-corrected chi connectivity index (χ2v) is 11.9. The molecule has 208 valence electrons. The van der Waals surface area contributed by atoms with Crippen molar-refractivity contribution in [1.29, 1.82) is 0 Å². The number of hydrogen-bond acceptors (Lipinski definition) is 4. The van der Waals surface area contributed by atoms with Gasteiger partial charge >= 0.3 is 6.18 Å². The van der Waals surface area contributed by atoms with E-state index < -0.39 is 51.3 Å². The van der Waals surface area contributed by atoms with Crippen LogP contribution in [0, 0.1) is 12.7 Å². The van der Waals surface area contributed by atoms with E-state index in [4.69, 9.17) is 0 Å². The summed E-state index contributed by atoms with van der Waals surface area (Å²) < 4.78 is 81.8. The second kappa shape index (κ2) is 11.7. The molecule has 0 spiro atoms. The predicted molar refractivity (Wildman–Crippen MR) is 135 cm³/mol. The first-order valence-corrected chi connectivity index (χ1v) is 14.4. The molecule has 2 aromatic rings. The highest BCUT2D eigenvalue weighted by atomic mass is 32.2. The third-order valence-electron chi connectivity index (χ3n) is 7.23. The molecule has 1 aliphatic carbocycles. The molecule has 1 amide bonds. The molecular weight excluding hydrogens is 522 g/mol. The van der Waals surface area contributed by atoms with Gasteiger partial charge in [-0.15, -0.1) is 0 Å². The van der Waals surface area contributed by atoms with Gasteiger partial charge in [-0.3, -0.25) is 9.69 Å². The first-order chi connectivity index (χ1) is 17.9. The Bertz CT molecular complexity index is 1260. The van der Waals surface area contributed by atoms with Crippen LogP contribution < -0.4 is 10.0 Å². The molecule has 4 rings (SSSR count). The van der Waals surface area contributed by atoms with Crippen molar-refractivity contribution in [3.05, 3.63) is 64.5 Å². The summed E-state index contributed by atoms with van der Waals surface area (Å²) in [6.45, 7) is 4.33. The molecule has 0 radical (unpaired) electrons. The zero-order chi connectivity index (χ0) is 27.5. The van der Waals surface area contributed by atoms with E-state index in [0.29, 0.717) is 12.5 Å². The lowest BCUT2D eigenvalue weighted by atomic mass is 9.86. The van der Waals surface area contributed by atoms with Crippen molar-refractivity contribution in [3.8, 4) is 0 Å². The number of hydrogen-bond donors (Lipinski definition) is 2. The van der Waals surface area contributed by atoms with Gasteiger partial charge in [0.2, 0.25) is 15.9 Å². The predicted octanol–water partition coefficient (Wildman–Crippen LogP) is 4.91. The molecule has 1 saturated heterocycles. The fourth-order valence-corrected chi connectivity index (χ4v) is 6.75. The minimum absolute atomic E-state index is 0.0859. The number of aryl methyl sites for hydroxylation is 2. The molecule has 38 heavy (non-hydrogen) atoms. The van der Waals surface area contributed by atoms with Gasteiger partial charge in [0.25, 0.3) is 0 Å². The van der Waals surface area contributed by atoms with Gasteiger partial charge in [-0.2, -0.15) is 17.9 Å². The normalized spacial score (nSPS) is 19.6. The number of likely N-dealkylation sites (tertiary alicyclic amines) is 1. The Kier molecular flexibility index (Phi) is 8.78. The number of fused-ring (bicyclic) bond motifs is 1. The minimum Gasteiger partial charge on any atom is -0.349 e. The summed E-state index contributed by atoms with van der Waals surface area (Å²) in [5.41, 5.74) is 3.22. The molecule has 11 heteroatoms. The van der Waals surface area contributed by atoms with E-state index in [0.717, 1.165) is 55.7 Å². The van der Waals surface area contributed by atoms with Crippen LogP contribution in [0.5, 0.6) is 0 Å². The summed E-state index contributed by atoms with van der Waals surface area (Å²) in [7, 11) is -4.73. The van der Waals surface area contributed by atoms with Gasteiger partial charge in [0.05, 0.1) is 17.4 Å². The highest BCUT2D eigenvalue weighted by Gasteiger charge is 2.44. The van der Waals surface area contributed by atoms with Gasteiger partial charge in [-0.05, 0) is 86.5 Å². The largest absolute Gasteiger partial charge is 0.405 e. The maximum Gasteiger partial charge on any atom is 0.405 e. The van der Waals surface area contributed by atoms with Crippen LogP contribution in [0.3, 0.4) is 0 Å². The lowest BCUT2D eigenvalue weighted by Gasteiger charge is -2.30. The zero-order valence-electron chi connectivity index (χ0n) is 21.3. The van der Waals surface area contributed by atoms with Crippen LogP contribution in [0.25, 0.3) is 0 Å². The van der Waals surface area contributed by atoms with E-state index in [1.807, 2.05) is 12.1 Å². The number of benzene rings is 2. The van der Waals surface area contributed by atoms with E-state index in [9.17, 15) is 30.8 Å². The molecule has 0 bridgehead atoms. The molecule has 0 aromatic heterocycles. The Morgan fingerprint density at radius 1 is 1.08 bits per heavy atom. The Balaban J connectivity index is 1.44. The van der Waals surface area contributed by atoms with Crippen LogP contribution in [0.1, 0.15) is 66.8 Å². The molecular formula is C27H33F4N3O3S. The number of alkyl halides is 3. The minimum atomic E-state index is -5.03. The molecule has 0 saturated carbocycles. The summed E-state index contributed by atoms with van der Waals surface area (Å²) in [5, 5.41) is 2.68. The van der Waals surface area contributed by atoms with Crippen molar-refractivity contribution in [2.45, 2.75) is 81.6 Å². The van der Waals surface area contributed by atoms with E-state index in [2.05, 4.69) is 16.3 Å². The fourth-order valence-electron chi connectivity index (χ4n) is 5.27. The molecule has 2 N–H and O–H groups in total. The fraction of sp³-hybridized carbons (Fsp3) is 0.519. The molecule has 0 unspecified atom stereocenters. The molecule has 2 atom stereocenters. The van der Waals surface area contributed by atoms with Crippen LogP contribution in [-0.4, -0.2) is 44.5 Å². The summed E-state index contributed by atoms with van der Waals surface area (Å²) >= 11 is 0. The summed E-state index contributed by atoms with van der Waals surface area (Å²) in [6.07, 6.45) is -0.341. The molecule has 2 aromatic carbocycles. The molecule has 2 aliphatic rings. The van der Waals surface area contributed by atoms with Crippen LogP contribution in [0.2, 0.25) is 0 Å². The van der Waals surface area contributed by atoms with Gasteiger partial charge in [0.1, 0.15) is 11.9 Å². The van der Waals surface area contributed by atoms with Crippen LogP contribution in [0.15, 0.2) is 41.3 Å². The number of carbonyl (C=O) groups excluding carboxylic acids is 1. The zero-order valence-corrected chi connectivity index (χ0v) is 22.1. The van der Waals surface area contributed by atoms with E-state index in [-0.39, 0.29) is 5.56 Å². The highest BCUT2D eigenvalue weighted by molar-refractivity contribution is 7.89. The van der Waals surface area contributed by atoms with Crippen LogP contribution in [-0.2, 0) is 27.8 Å². The Labute approximate surface area is 220 Å². The summed E-state index contributed by atoms with van der Waals surface area (Å²) in [5.74, 6) is -1.81. The van der Waals surface area contributed by atoms with Crippen LogP contribution in [0.4, 0.5) is 17.6 Å². The number of halogens is 4. The number of sulfonamides is 1. The lowest BCUT2D eigenvalue weighted by molar-refractivity contribution is -0.158. The quantitative estimate of drug-likeness (QED) is 0.454. The van der Waals surface area contributed by atoms with Crippen molar-refractivity contribution in [3.63, 3.8) is 0 Å². The van der Waals surface area contributed by atoms with Gasteiger partial charge in [0, 0.05) is 6.54 Å². The van der Waals surface area contributed by atoms with Crippen molar-refractivity contribution in [2.24, 2.45) is 0 Å². The molecule has 6 nitrogen and oxygen atoms in total. The van der Waals surface area contributed by atoms with Crippen molar-refractivity contribution in [2.75, 3.05) is 13.1 Å². The highest BCUT2D eigenvalue weighted by Crippen LogP contribution is 2.32. The topological polar surface area (TPSA) is 78.5 Å². The number of carbonyl (C=O) groups is 1. The Morgan fingerprint density at radius 2 is 1.82 bits per heavy atom. The summed E-state index contributed by atoms with van der Waals surface area (Å²) in [4.78, 5) is 14.5. The standard InChI is InChI=1S/C27H33F4N3O3S/c1-18-8-10-21(28)15-24(18)38(36,37)33-25(27(29,30)31)16-26(35)32-23-7-5-6-20-14-19(9-11-22(20)23)17-34-12-3-2-4-13-34/h8-11,14-15,23,25,33H,2-7,12-13,16-17H2,1H3,(H,32,35)/t23-,25-/m1/s1. The third-order valence-corrected chi connectivity index (χ3v) is 8.85. The number of piperidine rings is 1. The third kappa shape index (κ3) is 7.12. The molecule has 1 aliphatic heterocycles. The van der Waals surface area contributed by atoms with Crippen molar-refractivity contribution in [1.82, 2.24) is 14.9 Å². The second-order valence-electron chi connectivity index (χ2n) is 10.2. The van der Waals surface area contributed by atoms with Gasteiger partial charge in [0.15, 0.2) is 0 Å². The smallest absolute Gasteiger partial charge is 0.349 e. The molecule has 1 heterocycles.